The third kappa shape index (κ3) is 6.00. The summed E-state index contributed by atoms with van der Waals surface area (Å²) < 4.78 is 26.7. The fourth-order valence-corrected chi connectivity index (χ4v) is 3.49. The fourth-order valence-electron chi connectivity index (χ4n) is 3.49. The van der Waals surface area contributed by atoms with E-state index in [0.29, 0.717) is 12.0 Å². The van der Waals surface area contributed by atoms with Gasteiger partial charge in [-0.15, -0.1) is 0 Å². The number of aromatic nitrogens is 2. The predicted molar refractivity (Wildman–Crippen MR) is 118 cm³/mol. The van der Waals surface area contributed by atoms with Crippen molar-refractivity contribution in [3.05, 3.63) is 77.4 Å². The lowest BCUT2D eigenvalue weighted by Gasteiger charge is -2.21. The molecular weight excluding hydrogens is 396 g/mol. The van der Waals surface area contributed by atoms with Crippen LogP contribution in [0, 0.1) is 17.0 Å². The summed E-state index contributed by atoms with van der Waals surface area (Å²) in [6.07, 6.45) is 4.34. The van der Waals surface area contributed by atoms with Crippen LogP contribution in [0.2, 0.25) is 0 Å². The van der Waals surface area contributed by atoms with Crippen molar-refractivity contribution in [3.63, 3.8) is 0 Å². The first kappa shape index (κ1) is 22.7. The molecule has 0 aliphatic heterocycles. The molecule has 164 valence electrons. The van der Waals surface area contributed by atoms with Crippen LogP contribution >= 0.6 is 0 Å². The Morgan fingerprint density at radius 2 is 1.77 bits per heavy atom. The number of aromatic amines is 1. The molecule has 3 aromatic rings. The van der Waals surface area contributed by atoms with E-state index in [0.717, 1.165) is 41.6 Å². The van der Waals surface area contributed by atoms with Crippen molar-refractivity contribution >= 4 is 5.91 Å². The third-order valence-electron chi connectivity index (χ3n) is 5.63. The van der Waals surface area contributed by atoms with E-state index in [1.54, 1.807) is 6.07 Å². The minimum atomic E-state index is -0.868. The van der Waals surface area contributed by atoms with Crippen molar-refractivity contribution in [1.29, 1.82) is 0 Å². The Morgan fingerprint density at radius 3 is 2.39 bits per heavy atom. The highest BCUT2D eigenvalue weighted by atomic mass is 19.2. The molecule has 1 aromatic heterocycles. The van der Waals surface area contributed by atoms with E-state index in [1.165, 1.54) is 13.0 Å². The average molecular weight is 426 g/mol. The lowest BCUT2D eigenvalue weighted by Crippen LogP contribution is -2.28. The second-order valence-electron chi connectivity index (χ2n) is 8.77. The molecule has 1 heterocycles. The zero-order valence-corrected chi connectivity index (χ0v) is 18.4. The van der Waals surface area contributed by atoms with Gasteiger partial charge in [0.1, 0.15) is 5.82 Å². The number of carbonyl (C=O) groups excluding carboxylic acids is 1. The zero-order chi connectivity index (χ0) is 22.6. The molecule has 0 fully saturated rings. The van der Waals surface area contributed by atoms with Crippen molar-refractivity contribution in [3.8, 4) is 11.1 Å². The number of rotatable bonds is 8. The number of carbonyl (C=O) groups is 1. The van der Waals surface area contributed by atoms with Crippen molar-refractivity contribution in [1.82, 2.24) is 15.3 Å². The molecule has 0 saturated heterocycles. The molecule has 2 aromatic carbocycles. The number of benzene rings is 2. The summed E-state index contributed by atoms with van der Waals surface area (Å²) >= 11 is 0. The molecule has 1 unspecified atom stereocenters. The van der Waals surface area contributed by atoms with Gasteiger partial charge >= 0.3 is 0 Å². The van der Waals surface area contributed by atoms with Gasteiger partial charge < -0.3 is 10.3 Å². The first-order chi connectivity index (χ1) is 14.7. The number of H-pyrrole nitrogens is 1. The minimum absolute atomic E-state index is 0.129. The summed E-state index contributed by atoms with van der Waals surface area (Å²) in [5.41, 5.74) is 3.62. The third-order valence-corrected chi connectivity index (χ3v) is 5.63. The van der Waals surface area contributed by atoms with E-state index in [9.17, 15) is 13.6 Å². The lowest BCUT2D eigenvalue weighted by atomic mass is 9.85. The highest BCUT2D eigenvalue weighted by Crippen LogP contribution is 2.26. The maximum absolute atomic E-state index is 13.5. The molecule has 0 bridgehead atoms. The Kier molecular flexibility index (Phi) is 6.88. The Hall–Kier alpha value is -3.02. The Morgan fingerprint density at radius 1 is 1.10 bits per heavy atom. The Balaban J connectivity index is 1.77. The largest absolute Gasteiger partial charge is 0.346 e. The van der Waals surface area contributed by atoms with E-state index >= 15 is 0 Å². The monoisotopic (exact) mass is 425 g/mol. The SMILES string of the molecule is CCC(C)(C)Cc1cnc(C(Cc2ccc(-c3ccc(F)c(F)c3)cc2)NC(C)=O)[nH]1. The second-order valence-corrected chi connectivity index (χ2v) is 8.77. The zero-order valence-electron chi connectivity index (χ0n) is 18.4. The van der Waals surface area contributed by atoms with Gasteiger partial charge in [-0.1, -0.05) is 57.5 Å². The van der Waals surface area contributed by atoms with Crippen molar-refractivity contribution < 1.29 is 13.6 Å². The maximum Gasteiger partial charge on any atom is 0.217 e. The van der Waals surface area contributed by atoms with E-state index < -0.39 is 11.6 Å². The van der Waals surface area contributed by atoms with Crippen LogP contribution in [-0.4, -0.2) is 15.9 Å². The van der Waals surface area contributed by atoms with Gasteiger partial charge in [0.25, 0.3) is 0 Å². The van der Waals surface area contributed by atoms with Crippen LogP contribution in [0.25, 0.3) is 11.1 Å². The quantitative estimate of drug-likeness (QED) is 0.483. The Labute approximate surface area is 182 Å². The molecule has 0 saturated carbocycles. The van der Waals surface area contributed by atoms with Gasteiger partial charge in [-0.05, 0) is 47.1 Å². The van der Waals surface area contributed by atoms with Crippen LogP contribution in [-0.2, 0) is 17.6 Å². The van der Waals surface area contributed by atoms with Gasteiger partial charge in [-0.2, -0.15) is 0 Å². The standard InChI is InChI=1S/C25H29F2N3O/c1-5-25(3,4)14-20-15-28-24(30-20)23(29-16(2)31)12-17-6-8-18(9-7-17)19-10-11-21(26)22(27)13-19/h6-11,13,15,23H,5,12,14H2,1-4H3,(H,28,30)(H,29,31). The van der Waals surface area contributed by atoms with Crippen molar-refractivity contribution in [2.45, 2.75) is 53.0 Å². The van der Waals surface area contributed by atoms with Gasteiger partial charge in [0.05, 0.1) is 6.04 Å². The molecule has 4 nitrogen and oxygen atoms in total. The summed E-state index contributed by atoms with van der Waals surface area (Å²) in [5, 5.41) is 2.97. The second kappa shape index (κ2) is 9.41. The van der Waals surface area contributed by atoms with Crippen LogP contribution in [0.1, 0.15) is 57.2 Å². The van der Waals surface area contributed by atoms with E-state index in [1.807, 2.05) is 30.5 Å². The molecule has 0 aliphatic rings. The number of hydrogen-bond donors (Lipinski definition) is 2. The van der Waals surface area contributed by atoms with Gasteiger partial charge in [0.15, 0.2) is 11.6 Å². The molecule has 2 N–H and O–H groups in total. The van der Waals surface area contributed by atoms with Crippen LogP contribution in [0.15, 0.2) is 48.7 Å². The van der Waals surface area contributed by atoms with Gasteiger partial charge in [0, 0.05) is 18.8 Å². The summed E-state index contributed by atoms with van der Waals surface area (Å²) in [4.78, 5) is 19.7. The van der Waals surface area contributed by atoms with Gasteiger partial charge in [-0.25, -0.2) is 13.8 Å². The highest BCUT2D eigenvalue weighted by molar-refractivity contribution is 5.73. The number of nitrogens with one attached hydrogen (secondary N) is 2. The van der Waals surface area contributed by atoms with Crippen LogP contribution in [0.5, 0.6) is 0 Å². The molecule has 1 amide bonds. The van der Waals surface area contributed by atoms with E-state index in [4.69, 9.17) is 0 Å². The van der Waals surface area contributed by atoms with E-state index in [2.05, 4.69) is 36.1 Å². The summed E-state index contributed by atoms with van der Waals surface area (Å²) in [7, 11) is 0. The van der Waals surface area contributed by atoms with Crippen LogP contribution < -0.4 is 5.32 Å². The van der Waals surface area contributed by atoms with Crippen molar-refractivity contribution in [2.75, 3.05) is 0 Å². The van der Waals surface area contributed by atoms with Crippen LogP contribution in [0.3, 0.4) is 0 Å². The molecule has 0 radical (unpaired) electrons. The number of halogens is 2. The smallest absolute Gasteiger partial charge is 0.217 e. The molecule has 6 heteroatoms. The first-order valence-corrected chi connectivity index (χ1v) is 10.5. The summed E-state index contributed by atoms with van der Waals surface area (Å²) in [6.45, 7) is 8.09. The topological polar surface area (TPSA) is 57.8 Å². The molecule has 0 aliphatic carbocycles. The molecule has 3 rings (SSSR count). The first-order valence-electron chi connectivity index (χ1n) is 10.5. The van der Waals surface area contributed by atoms with Crippen LogP contribution in [0.4, 0.5) is 8.78 Å². The number of hydrogen-bond acceptors (Lipinski definition) is 2. The fraction of sp³-hybridized carbons (Fsp3) is 0.360. The molecule has 0 spiro atoms. The molecule has 1 atom stereocenters. The number of amides is 1. The normalized spacial score (nSPS) is 12.6. The highest BCUT2D eigenvalue weighted by Gasteiger charge is 2.21. The number of nitrogens with zero attached hydrogens (tertiary/aromatic N) is 1. The number of imidazole rings is 1. The average Bonchev–Trinajstić information content (AvgIpc) is 3.17. The predicted octanol–water partition coefficient (Wildman–Crippen LogP) is 5.75. The van der Waals surface area contributed by atoms with Gasteiger partial charge in [0.2, 0.25) is 5.91 Å². The molecule has 31 heavy (non-hydrogen) atoms. The maximum atomic E-state index is 13.5. The van der Waals surface area contributed by atoms with E-state index in [-0.39, 0.29) is 17.4 Å². The Bertz CT molecular complexity index is 1040. The summed E-state index contributed by atoms with van der Waals surface area (Å²) in [6, 6.07) is 11.2. The van der Waals surface area contributed by atoms with Gasteiger partial charge in [-0.3, -0.25) is 4.79 Å². The summed E-state index contributed by atoms with van der Waals surface area (Å²) in [5.74, 6) is -1.14. The molecular formula is C25H29F2N3O. The van der Waals surface area contributed by atoms with Crippen molar-refractivity contribution in [2.24, 2.45) is 5.41 Å². The lowest BCUT2D eigenvalue weighted by molar-refractivity contribution is -0.119. The minimum Gasteiger partial charge on any atom is -0.346 e.